The van der Waals surface area contributed by atoms with E-state index < -0.39 is 0 Å². The van der Waals surface area contributed by atoms with Crippen LogP contribution in [0.5, 0.6) is 0 Å². The molecule has 0 atom stereocenters. The molecule has 1 aromatic rings. The highest BCUT2D eigenvalue weighted by molar-refractivity contribution is 5.44. The Hall–Kier alpha value is -1.02. The number of nitrogens with zero attached hydrogens (tertiary/aromatic N) is 1. The molecule has 0 fully saturated rings. The number of ether oxygens (including phenoxy) is 1. The maximum Gasteiger partial charge on any atom is 0.0637 e. The first-order valence-corrected chi connectivity index (χ1v) is 4.09. The number of para-hydroxylation sites is 1. The number of methoxy groups -OCH3 is 1. The Morgan fingerprint density at radius 2 is 1.92 bits per heavy atom. The normalized spacial score (nSPS) is 9.83. The summed E-state index contributed by atoms with van der Waals surface area (Å²) in [5, 5.41) is 0. The predicted molar refractivity (Wildman–Crippen MR) is 51.6 cm³/mol. The Balaban J connectivity index is 2.48. The van der Waals surface area contributed by atoms with Gasteiger partial charge >= 0.3 is 0 Å². The van der Waals surface area contributed by atoms with Crippen LogP contribution in [-0.4, -0.2) is 27.3 Å². The first kappa shape index (κ1) is 9.07. The minimum atomic E-state index is 0.769. The van der Waals surface area contributed by atoms with Crippen molar-refractivity contribution in [3.05, 3.63) is 30.3 Å². The van der Waals surface area contributed by atoms with Crippen LogP contribution in [0.15, 0.2) is 30.3 Å². The van der Waals surface area contributed by atoms with Crippen molar-refractivity contribution in [1.29, 1.82) is 0 Å². The van der Waals surface area contributed by atoms with Gasteiger partial charge in [-0.3, -0.25) is 0 Å². The zero-order valence-electron chi connectivity index (χ0n) is 7.66. The lowest BCUT2D eigenvalue weighted by molar-refractivity contribution is 0.206. The zero-order chi connectivity index (χ0) is 8.81. The van der Waals surface area contributed by atoms with Gasteiger partial charge in [0, 0.05) is 26.4 Å². The highest BCUT2D eigenvalue weighted by Gasteiger charge is 1.96. The minimum absolute atomic E-state index is 0.769. The van der Waals surface area contributed by atoms with Crippen LogP contribution in [0.2, 0.25) is 0 Å². The molecule has 0 amide bonds. The molecule has 0 unspecified atom stereocenters. The molecule has 1 aromatic carbocycles. The molecular formula is C10H15NO. The SMILES string of the molecule is COCCN(C)c1ccccc1. The van der Waals surface area contributed by atoms with Gasteiger partial charge in [0.2, 0.25) is 0 Å². The van der Waals surface area contributed by atoms with Gasteiger partial charge in [-0.05, 0) is 12.1 Å². The largest absolute Gasteiger partial charge is 0.383 e. The van der Waals surface area contributed by atoms with Crippen molar-refractivity contribution in [3.63, 3.8) is 0 Å². The molecule has 0 aliphatic heterocycles. The Morgan fingerprint density at radius 3 is 2.50 bits per heavy atom. The summed E-state index contributed by atoms with van der Waals surface area (Å²) in [6, 6.07) is 10.3. The molecule has 0 aromatic heterocycles. The van der Waals surface area contributed by atoms with Gasteiger partial charge in [-0.2, -0.15) is 0 Å². The van der Waals surface area contributed by atoms with Crippen LogP contribution < -0.4 is 4.90 Å². The van der Waals surface area contributed by atoms with Crippen molar-refractivity contribution < 1.29 is 4.74 Å². The van der Waals surface area contributed by atoms with E-state index in [2.05, 4.69) is 24.1 Å². The number of hydrogen-bond donors (Lipinski definition) is 0. The van der Waals surface area contributed by atoms with Crippen LogP contribution in [0.25, 0.3) is 0 Å². The molecule has 66 valence electrons. The number of anilines is 1. The van der Waals surface area contributed by atoms with Gasteiger partial charge in [-0.25, -0.2) is 0 Å². The van der Waals surface area contributed by atoms with Gasteiger partial charge < -0.3 is 9.64 Å². The Bertz CT molecular complexity index is 210. The Labute approximate surface area is 73.8 Å². The molecule has 0 aliphatic rings. The molecule has 0 bridgehead atoms. The summed E-state index contributed by atoms with van der Waals surface area (Å²) in [6.45, 7) is 1.70. The third-order valence-electron chi connectivity index (χ3n) is 1.83. The highest BCUT2D eigenvalue weighted by Crippen LogP contribution is 2.09. The summed E-state index contributed by atoms with van der Waals surface area (Å²) in [6.07, 6.45) is 0. The van der Waals surface area contributed by atoms with Crippen LogP contribution >= 0.6 is 0 Å². The monoisotopic (exact) mass is 165 g/mol. The second-order valence-electron chi connectivity index (χ2n) is 2.75. The highest BCUT2D eigenvalue weighted by atomic mass is 16.5. The average Bonchev–Trinajstić information content (AvgIpc) is 2.15. The van der Waals surface area contributed by atoms with Gasteiger partial charge in [0.25, 0.3) is 0 Å². The van der Waals surface area contributed by atoms with E-state index in [0.717, 1.165) is 13.2 Å². The Morgan fingerprint density at radius 1 is 1.25 bits per heavy atom. The van der Waals surface area contributed by atoms with Crippen molar-refractivity contribution >= 4 is 5.69 Å². The molecule has 0 heterocycles. The molecule has 0 radical (unpaired) electrons. The topological polar surface area (TPSA) is 12.5 Å². The molecular weight excluding hydrogens is 150 g/mol. The van der Waals surface area contributed by atoms with Gasteiger partial charge in [-0.15, -0.1) is 0 Å². The molecule has 2 heteroatoms. The third kappa shape index (κ3) is 2.55. The van der Waals surface area contributed by atoms with E-state index in [0.29, 0.717) is 0 Å². The van der Waals surface area contributed by atoms with E-state index in [4.69, 9.17) is 4.74 Å². The van der Waals surface area contributed by atoms with Crippen LogP contribution in [0, 0.1) is 0 Å². The summed E-state index contributed by atoms with van der Waals surface area (Å²) in [5.74, 6) is 0. The lowest BCUT2D eigenvalue weighted by Gasteiger charge is -2.18. The van der Waals surface area contributed by atoms with Gasteiger partial charge in [0.05, 0.1) is 6.61 Å². The van der Waals surface area contributed by atoms with Crippen LogP contribution in [0.4, 0.5) is 5.69 Å². The lowest BCUT2D eigenvalue weighted by Crippen LogP contribution is -2.21. The molecule has 2 nitrogen and oxygen atoms in total. The minimum Gasteiger partial charge on any atom is -0.383 e. The maximum absolute atomic E-state index is 4.99. The fourth-order valence-corrected chi connectivity index (χ4v) is 1.04. The second kappa shape index (κ2) is 4.78. The number of hydrogen-bond acceptors (Lipinski definition) is 2. The van der Waals surface area contributed by atoms with E-state index in [-0.39, 0.29) is 0 Å². The van der Waals surface area contributed by atoms with E-state index in [1.165, 1.54) is 5.69 Å². The summed E-state index contributed by atoms with van der Waals surface area (Å²) in [4.78, 5) is 2.17. The lowest BCUT2D eigenvalue weighted by atomic mass is 10.3. The third-order valence-corrected chi connectivity index (χ3v) is 1.83. The standard InChI is InChI=1S/C10H15NO/c1-11(8-9-12-2)10-6-4-3-5-7-10/h3-7H,8-9H2,1-2H3. The number of benzene rings is 1. The van der Waals surface area contributed by atoms with Crippen molar-refractivity contribution in [3.8, 4) is 0 Å². The molecule has 0 spiro atoms. The van der Waals surface area contributed by atoms with E-state index in [1.807, 2.05) is 18.2 Å². The van der Waals surface area contributed by atoms with E-state index in [9.17, 15) is 0 Å². The first-order valence-electron chi connectivity index (χ1n) is 4.09. The molecule has 12 heavy (non-hydrogen) atoms. The summed E-state index contributed by atoms with van der Waals surface area (Å²) >= 11 is 0. The molecule has 1 rings (SSSR count). The van der Waals surface area contributed by atoms with Crippen molar-refractivity contribution in [2.75, 3.05) is 32.2 Å². The molecule has 0 N–H and O–H groups in total. The van der Waals surface area contributed by atoms with E-state index >= 15 is 0 Å². The summed E-state index contributed by atoms with van der Waals surface area (Å²) < 4.78 is 4.99. The molecule has 0 aliphatic carbocycles. The fourth-order valence-electron chi connectivity index (χ4n) is 1.04. The number of likely N-dealkylation sites (N-methyl/N-ethyl adjacent to an activating group) is 1. The maximum atomic E-state index is 4.99. The predicted octanol–water partition coefficient (Wildman–Crippen LogP) is 1.77. The summed E-state index contributed by atoms with van der Waals surface area (Å²) in [5.41, 5.74) is 1.23. The van der Waals surface area contributed by atoms with Crippen molar-refractivity contribution in [2.45, 2.75) is 0 Å². The van der Waals surface area contributed by atoms with Crippen molar-refractivity contribution in [2.24, 2.45) is 0 Å². The average molecular weight is 165 g/mol. The molecule has 0 saturated carbocycles. The smallest absolute Gasteiger partial charge is 0.0637 e. The van der Waals surface area contributed by atoms with E-state index in [1.54, 1.807) is 7.11 Å². The van der Waals surface area contributed by atoms with Crippen LogP contribution in [-0.2, 0) is 4.74 Å². The quantitative estimate of drug-likeness (QED) is 0.674. The van der Waals surface area contributed by atoms with Gasteiger partial charge in [0.15, 0.2) is 0 Å². The van der Waals surface area contributed by atoms with Crippen molar-refractivity contribution in [1.82, 2.24) is 0 Å². The fraction of sp³-hybridized carbons (Fsp3) is 0.400. The number of rotatable bonds is 4. The summed E-state index contributed by atoms with van der Waals surface area (Å²) in [7, 11) is 3.78. The zero-order valence-corrected chi connectivity index (χ0v) is 7.66. The second-order valence-corrected chi connectivity index (χ2v) is 2.75. The Kier molecular flexibility index (Phi) is 3.61. The molecule has 0 saturated heterocycles. The van der Waals surface area contributed by atoms with Gasteiger partial charge in [-0.1, -0.05) is 18.2 Å². The van der Waals surface area contributed by atoms with Gasteiger partial charge in [0.1, 0.15) is 0 Å². The first-order chi connectivity index (χ1) is 5.84. The van der Waals surface area contributed by atoms with Crippen LogP contribution in [0.3, 0.4) is 0 Å². The van der Waals surface area contributed by atoms with Crippen LogP contribution in [0.1, 0.15) is 0 Å².